The predicted octanol–water partition coefficient (Wildman–Crippen LogP) is 0.280. The molecule has 1 unspecified atom stereocenters. The summed E-state index contributed by atoms with van der Waals surface area (Å²) in [5, 5.41) is 9.00. The first-order chi connectivity index (χ1) is 8.77. The minimum atomic E-state index is -3.92. The first kappa shape index (κ1) is 15.4. The maximum atomic E-state index is 12.0. The van der Waals surface area contributed by atoms with E-state index in [9.17, 15) is 13.2 Å². The summed E-state index contributed by atoms with van der Waals surface area (Å²) in [5.41, 5.74) is 5.27. The van der Waals surface area contributed by atoms with Crippen molar-refractivity contribution in [3.63, 3.8) is 0 Å². The molecule has 0 radical (unpaired) electrons. The van der Waals surface area contributed by atoms with Gasteiger partial charge in [-0.05, 0) is 25.1 Å². The van der Waals surface area contributed by atoms with Gasteiger partial charge in [0.05, 0.1) is 16.6 Å². The molecule has 1 rings (SSSR count). The maximum Gasteiger partial charge on any atom is 0.337 e. The van der Waals surface area contributed by atoms with E-state index in [1.54, 1.807) is 6.92 Å². The Labute approximate surface area is 111 Å². The van der Waals surface area contributed by atoms with Crippen LogP contribution in [0.4, 0.5) is 5.69 Å². The van der Waals surface area contributed by atoms with E-state index in [4.69, 9.17) is 15.6 Å². The number of anilines is 1. The molecule has 1 aromatic rings. The van der Waals surface area contributed by atoms with E-state index in [0.29, 0.717) is 0 Å². The zero-order chi connectivity index (χ0) is 14.6. The second-order valence-corrected chi connectivity index (χ2v) is 5.69. The van der Waals surface area contributed by atoms with Crippen molar-refractivity contribution in [3.05, 3.63) is 23.8 Å². The van der Waals surface area contributed by atoms with Crippen LogP contribution in [0.1, 0.15) is 17.3 Å². The highest BCUT2D eigenvalue weighted by Gasteiger charge is 2.22. The number of aromatic carboxylic acids is 1. The van der Waals surface area contributed by atoms with Crippen LogP contribution in [0.2, 0.25) is 0 Å². The smallest absolute Gasteiger partial charge is 0.337 e. The van der Waals surface area contributed by atoms with Gasteiger partial charge < -0.3 is 15.6 Å². The Bertz CT molecular complexity index is 570. The minimum absolute atomic E-state index is 0.0439. The molecule has 1 aromatic carbocycles. The second kappa shape index (κ2) is 6.00. The van der Waals surface area contributed by atoms with Crippen LogP contribution in [-0.4, -0.2) is 39.3 Å². The van der Waals surface area contributed by atoms with Crippen LogP contribution < -0.4 is 10.5 Å². The Morgan fingerprint density at radius 2 is 2.16 bits per heavy atom. The number of nitrogens with one attached hydrogen (secondary N) is 1. The Balaban J connectivity index is 3.11. The van der Waals surface area contributed by atoms with Crippen molar-refractivity contribution in [2.45, 2.75) is 17.9 Å². The normalized spacial score (nSPS) is 13.2. The Morgan fingerprint density at radius 3 is 2.68 bits per heavy atom. The van der Waals surface area contributed by atoms with Gasteiger partial charge in [0.2, 0.25) is 10.0 Å². The molecule has 0 aliphatic carbocycles. The molecule has 0 heterocycles. The van der Waals surface area contributed by atoms with Crippen molar-refractivity contribution < 1.29 is 23.1 Å². The van der Waals surface area contributed by atoms with Gasteiger partial charge in [-0.3, -0.25) is 0 Å². The number of carbonyl (C=O) groups is 1. The summed E-state index contributed by atoms with van der Waals surface area (Å²) in [7, 11) is -2.47. The zero-order valence-electron chi connectivity index (χ0n) is 10.6. The standard InChI is InChI=1S/C11H16N2O5S/c1-7(18-2)6-13-19(16,17)10-4-3-8(12)5-9(10)11(14)15/h3-5,7,13H,6,12H2,1-2H3,(H,14,15). The number of carboxylic acid groups (broad SMARTS) is 1. The van der Waals surface area contributed by atoms with Crippen LogP contribution in [0.5, 0.6) is 0 Å². The average Bonchev–Trinajstić information content (AvgIpc) is 2.35. The van der Waals surface area contributed by atoms with Gasteiger partial charge >= 0.3 is 5.97 Å². The number of sulfonamides is 1. The van der Waals surface area contributed by atoms with Crippen LogP contribution in [0.25, 0.3) is 0 Å². The molecular weight excluding hydrogens is 272 g/mol. The molecule has 1 atom stereocenters. The van der Waals surface area contributed by atoms with Crippen molar-refractivity contribution in [1.29, 1.82) is 0 Å². The molecule has 0 aromatic heterocycles. The number of ether oxygens (including phenoxy) is 1. The zero-order valence-corrected chi connectivity index (χ0v) is 11.4. The van der Waals surface area contributed by atoms with E-state index in [-0.39, 0.29) is 28.8 Å². The molecule has 7 nitrogen and oxygen atoms in total. The van der Waals surface area contributed by atoms with Crippen molar-refractivity contribution >= 4 is 21.7 Å². The maximum absolute atomic E-state index is 12.0. The molecule has 0 spiro atoms. The molecule has 8 heteroatoms. The number of benzene rings is 1. The lowest BCUT2D eigenvalue weighted by Crippen LogP contribution is -2.32. The van der Waals surface area contributed by atoms with Crippen molar-refractivity contribution in [2.24, 2.45) is 0 Å². The Morgan fingerprint density at radius 1 is 1.53 bits per heavy atom. The van der Waals surface area contributed by atoms with E-state index in [0.717, 1.165) is 6.07 Å². The average molecular weight is 288 g/mol. The van der Waals surface area contributed by atoms with E-state index >= 15 is 0 Å². The van der Waals surface area contributed by atoms with Gasteiger partial charge in [0.25, 0.3) is 0 Å². The molecule has 0 bridgehead atoms. The third kappa shape index (κ3) is 3.91. The van der Waals surface area contributed by atoms with Crippen molar-refractivity contribution in [2.75, 3.05) is 19.4 Å². The van der Waals surface area contributed by atoms with Crippen LogP contribution in [-0.2, 0) is 14.8 Å². The molecule has 0 aliphatic rings. The Hall–Kier alpha value is -1.64. The molecule has 0 saturated carbocycles. The highest BCUT2D eigenvalue weighted by molar-refractivity contribution is 7.89. The molecule has 0 amide bonds. The molecule has 106 valence electrons. The van der Waals surface area contributed by atoms with Crippen LogP contribution >= 0.6 is 0 Å². The van der Waals surface area contributed by atoms with Gasteiger partial charge in [-0.15, -0.1) is 0 Å². The van der Waals surface area contributed by atoms with E-state index in [1.807, 2.05) is 0 Å². The molecule has 4 N–H and O–H groups in total. The first-order valence-electron chi connectivity index (χ1n) is 5.43. The number of nitrogen functional groups attached to an aromatic ring is 1. The number of hydrogen-bond acceptors (Lipinski definition) is 5. The van der Waals surface area contributed by atoms with E-state index in [2.05, 4.69) is 4.72 Å². The fourth-order valence-electron chi connectivity index (χ4n) is 1.34. The number of nitrogens with two attached hydrogens (primary N) is 1. The molecule has 0 aliphatic heterocycles. The number of carboxylic acids is 1. The predicted molar refractivity (Wildman–Crippen MR) is 69.5 cm³/mol. The molecule has 19 heavy (non-hydrogen) atoms. The third-order valence-electron chi connectivity index (χ3n) is 2.49. The van der Waals surface area contributed by atoms with E-state index < -0.39 is 16.0 Å². The lowest BCUT2D eigenvalue weighted by atomic mass is 10.2. The second-order valence-electron chi connectivity index (χ2n) is 3.96. The summed E-state index contributed by atoms with van der Waals surface area (Å²) in [6.07, 6.45) is -0.322. The minimum Gasteiger partial charge on any atom is -0.478 e. The van der Waals surface area contributed by atoms with Crippen molar-refractivity contribution in [1.82, 2.24) is 4.72 Å². The Kier molecular flexibility index (Phi) is 4.87. The summed E-state index contributed by atoms with van der Waals surface area (Å²) in [6.45, 7) is 1.73. The summed E-state index contributed by atoms with van der Waals surface area (Å²) in [5.74, 6) is -1.35. The summed E-state index contributed by atoms with van der Waals surface area (Å²) in [4.78, 5) is 10.7. The molecule has 0 fully saturated rings. The van der Waals surface area contributed by atoms with Crippen LogP contribution in [0, 0.1) is 0 Å². The largest absolute Gasteiger partial charge is 0.478 e. The fraction of sp³-hybridized carbons (Fsp3) is 0.364. The number of methoxy groups -OCH3 is 1. The topological polar surface area (TPSA) is 119 Å². The van der Waals surface area contributed by atoms with E-state index in [1.165, 1.54) is 19.2 Å². The van der Waals surface area contributed by atoms with Gasteiger partial charge in [0.1, 0.15) is 0 Å². The van der Waals surface area contributed by atoms with Crippen LogP contribution in [0.3, 0.4) is 0 Å². The summed E-state index contributed by atoms with van der Waals surface area (Å²) < 4.78 is 31.2. The number of hydrogen-bond donors (Lipinski definition) is 3. The SMILES string of the molecule is COC(C)CNS(=O)(=O)c1ccc(N)cc1C(=O)O. The first-order valence-corrected chi connectivity index (χ1v) is 6.91. The van der Waals surface area contributed by atoms with Gasteiger partial charge in [-0.1, -0.05) is 0 Å². The lowest BCUT2D eigenvalue weighted by molar-refractivity contribution is 0.0692. The monoisotopic (exact) mass is 288 g/mol. The number of rotatable bonds is 6. The van der Waals surface area contributed by atoms with Crippen molar-refractivity contribution in [3.8, 4) is 0 Å². The third-order valence-corrected chi connectivity index (χ3v) is 3.97. The summed E-state index contributed by atoms with van der Waals surface area (Å²) in [6, 6.07) is 3.61. The van der Waals surface area contributed by atoms with Gasteiger partial charge in [0, 0.05) is 19.3 Å². The van der Waals surface area contributed by atoms with Gasteiger partial charge in [-0.25, -0.2) is 17.9 Å². The van der Waals surface area contributed by atoms with Crippen LogP contribution in [0.15, 0.2) is 23.1 Å². The summed E-state index contributed by atoms with van der Waals surface area (Å²) >= 11 is 0. The molecular formula is C11H16N2O5S. The molecule has 0 saturated heterocycles. The highest BCUT2D eigenvalue weighted by Crippen LogP contribution is 2.18. The van der Waals surface area contributed by atoms with Gasteiger partial charge in [0.15, 0.2) is 0 Å². The quantitative estimate of drug-likeness (QED) is 0.647. The lowest BCUT2D eigenvalue weighted by Gasteiger charge is -2.13. The fourth-order valence-corrected chi connectivity index (χ4v) is 2.63. The highest BCUT2D eigenvalue weighted by atomic mass is 32.2. The van der Waals surface area contributed by atoms with Gasteiger partial charge in [-0.2, -0.15) is 0 Å².